The van der Waals surface area contributed by atoms with Crippen molar-refractivity contribution >= 4 is 5.97 Å². The number of ether oxygens (including phenoxy) is 2. The molecule has 15 heavy (non-hydrogen) atoms. The first-order chi connectivity index (χ1) is 7.17. The maximum Gasteiger partial charge on any atom is 0.330 e. The third-order valence-electron chi connectivity index (χ3n) is 2.02. The van der Waals surface area contributed by atoms with E-state index in [1.165, 1.54) is 0 Å². The van der Waals surface area contributed by atoms with E-state index in [4.69, 9.17) is 9.47 Å². The van der Waals surface area contributed by atoms with Gasteiger partial charge < -0.3 is 9.47 Å². The van der Waals surface area contributed by atoms with Gasteiger partial charge in [0.15, 0.2) is 0 Å². The molecule has 0 aliphatic carbocycles. The third kappa shape index (κ3) is 3.13. The molecule has 3 nitrogen and oxygen atoms in total. The van der Waals surface area contributed by atoms with Crippen molar-refractivity contribution in [2.75, 3.05) is 7.11 Å². The highest BCUT2D eigenvalue weighted by atomic mass is 16.5. The van der Waals surface area contributed by atoms with E-state index in [1.807, 2.05) is 24.3 Å². The molecular formula is C12H14O3. The predicted octanol–water partition coefficient (Wildman–Crippen LogP) is 2.49. The Bertz CT molecular complexity index is 358. The highest BCUT2D eigenvalue weighted by Crippen LogP contribution is 2.21. The van der Waals surface area contributed by atoms with E-state index in [0.29, 0.717) is 0 Å². The number of carbonyl (C=O) groups is 1. The lowest BCUT2D eigenvalue weighted by Crippen LogP contribution is -2.05. The summed E-state index contributed by atoms with van der Waals surface area (Å²) in [6, 6.07) is 7.41. The number of methoxy groups -OCH3 is 1. The summed E-state index contributed by atoms with van der Waals surface area (Å²) >= 11 is 0. The van der Waals surface area contributed by atoms with Crippen molar-refractivity contribution in [2.45, 2.75) is 13.0 Å². The number of esters is 1. The van der Waals surface area contributed by atoms with Crippen molar-refractivity contribution in [1.82, 2.24) is 0 Å². The Hall–Kier alpha value is -1.77. The first kappa shape index (κ1) is 11.3. The minimum Gasteiger partial charge on any atom is -0.497 e. The zero-order valence-electron chi connectivity index (χ0n) is 8.90. The van der Waals surface area contributed by atoms with Crippen LogP contribution in [0, 0.1) is 0 Å². The summed E-state index contributed by atoms with van der Waals surface area (Å²) < 4.78 is 10.1. The Balaban J connectivity index is 2.76. The van der Waals surface area contributed by atoms with Gasteiger partial charge in [0.05, 0.1) is 7.11 Å². The van der Waals surface area contributed by atoms with Crippen LogP contribution in [0.4, 0.5) is 0 Å². The van der Waals surface area contributed by atoms with Gasteiger partial charge in [-0.2, -0.15) is 0 Å². The first-order valence-electron chi connectivity index (χ1n) is 4.64. The lowest BCUT2D eigenvalue weighted by Gasteiger charge is -2.12. The number of benzene rings is 1. The van der Waals surface area contributed by atoms with Crippen molar-refractivity contribution in [3.8, 4) is 5.75 Å². The molecule has 0 heterocycles. The van der Waals surface area contributed by atoms with Gasteiger partial charge in [-0.3, -0.25) is 0 Å². The molecule has 0 aliphatic rings. The number of carbonyl (C=O) groups excluding carboxylic acids is 1. The molecule has 1 rings (SSSR count). The molecular weight excluding hydrogens is 192 g/mol. The zero-order chi connectivity index (χ0) is 11.3. The molecule has 0 saturated carbocycles. The largest absolute Gasteiger partial charge is 0.497 e. The summed E-state index contributed by atoms with van der Waals surface area (Å²) in [5.74, 6) is 0.319. The fourth-order valence-corrected chi connectivity index (χ4v) is 1.18. The maximum absolute atomic E-state index is 11.0. The van der Waals surface area contributed by atoms with E-state index in [9.17, 15) is 4.79 Å². The van der Waals surface area contributed by atoms with Crippen LogP contribution in [0.1, 0.15) is 18.6 Å². The summed E-state index contributed by atoms with van der Waals surface area (Å²) in [4.78, 5) is 11.0. The number of hydrogen-bond acceptors (Lipinski definition) is 3. The monoisotopic (exact) mass is 206 g/mol. The summed E-state index contributed by atoms with van der Waals surface area (Å²) in [5, 5.41) is 0. The van der Waals surface area contributed by atoms with Crippen LogP contribution in [-0.4, -0.2) is 13.1 Å². The Morgan fingerprint density at radius 1 is 1.53 bits per heavy atom. The molecule has 1 aromatic carbocycles. The van der Waals surface area contributed by atoms with Gasteiger partial charge in [0, 0.05) is 6.08 Å². The molecule has 0 aromatic heterocycles. The molecule has 0 fully saturated rings. The van der Waals surface area contributed by atoms with Gasteiger partial charge >= 0.3 is 5.97 Å². The summed E-state index contributed by atoms with van der Waals surface area (Å²) in [6.07, 6.45) is 0.849. The van der Waals surface area contributed by atoms with Crippen LogP contribution in [0.5, 0.6) is 5.75 Å². The van der Waals surface area contributed by atoms with Gasteiger partial charge in [0.25, 0.3) is 0 Å². The van der Waals surface area contributed by atoms with E-state index in [1.54, 1.807) is 14.0 Å². The second-order valence-corrected chi connectivity index (χ2v) is 3.06. The summed E-state index contributed by atoms with van der Waals surface area (Å²) in [7, 11) is 1.60. The first-order valence-corrected chi connectivity index (χ1v) is 4.64. The molecule has 1 atom stereocenters. The lowest BCUT2D eigenvalue weighted by atomic mass is 10.1. The van der Waals surface area contributed by atoms with Crippen LogP contribution in [0.25, 0.3) is 0 Å². The van der Waals surface area contributed by atoms with Crippen molar-refractivity contribution in [3.63, 3.8) is 0 Å². The van der Waals surface area contributed by atoms with Crippen molar-refractivity contribution in [3.05, 3.63) is 42.5 Å². The van der Waals surface area contributed by atoms with Crippen LogP contribution in [-0.2, 0) is 9.53 Å². The highest BCUT2D eigenvalue weighted by Gasteiger charge is 2.09. The van der Waals surface area contributed by atoms with Gasteiger partial charge in [0.2, 0.25) is 0 Å². The second-order valence-electron chi connectivity index (χ2n) is 3.06. The summed E-state index contributed by atoms with van der Waals surface area (Å²) in [6.45, 7) is 5.14. The van der Waals surface area contributed by atoms with Crippen LogP contribution in [0.15, 0.2) is 36.9 Å². The number of hydrogen-bond donors (Lipinski definition) is 0. The molecule has 0 saturated heterocycles. The molecule has 80 valence electrons. The van der Waals surface area contributed by atoms with Crippen LogP contribution < -0.4 is 4.74 Å². The minimum atomic E-state index is -0.426. The van der Waals surface area contributed by atoms with Gasteiger partial charge in [0.1, 0.15) is 11.9 Å². The lowest BCUT2D eigenvalue weighted by molar-refractivity contribution is -0.142. The highest BCUT2D eigenvalue weighted by molar-refractivity contribution is 5.81. The molecule has 0 spiro atoms. The average molecular weight is 206 g/mol. The molecule has 3 heteroatoms. The fourth-order valence-electron chi connectivity index (χ4n) is 1.18. The molecule has 0 aliphatic heterocycles. The Morgan fingerprint density at radius 3 is 2.87 bits per heavy atom. The van der Waals surface area contributed by atoms with Crippen LogP contribution in [0.3, 0.4) is 0 Å². The topological polar surface area (TPSA) is 35.5 Å². The Kier molecular flexibility index (Phi) is 3.92. The van der Waals surface area contributed by atoms with Crippen LogP contribution >= 0.6 is 0 Å². The molecule has 0 bridgehead atoms. The van der Waals surface area contributed by atoms with Crippen molar-refractivity contribution in [2.24, 2.45) is 0 Å². The molecule has 0 N–H and O–H groups in total. The van der Waals surface area contributed by atoms with E-state index in [2.05, 4.69) is 6.58 Å². The zero-order valence-corrected chi connectivity index (χ0v) is 8.90. The van der Waals surface area contributed by atoms with Gasteiger partial charge in [-0.1, -0.05) is 18.7 Å². The van der Waals surface area contributed by atoms with E-state index >= 15 is 0 Å². The Morgan fingerprint density at radius 2 is 2.27 bits per heavy atom. The predicted molar refractivity (Wildman–Crippen MR) is 57.7 cm³/mol. The molecule has 1 aromatic rings. The third-order valence-corrected chi connectivity index (χ3v) is 2.02. The fraction of sp³-hybridized carbons (Fsp3) is 0.250. The molecule has 0 radical (unpaired) electrons. The van der Waals surface area contributed by atoms with Gasteiger partial charge in [-0.15, -0.1) is 0 Å². The maximum atomic E-state index is 11.0. The van der Waals surface area contributed by atoms with E-state index in [-0.39, 0.29) is 6.10 Å². The van der Waals surface area contributed by atoms with E-state index in [0.717, 1.165) is 17.4 Å². The second kappa shape index (κ2) is 5.20. The van der Waals surface area contributed by atoms with E-state index < -0.39 is 5.97 Å². The standard InChI is InChI=1S/C12H14O3/c1-4-12(13)15-9(2)10-6-5-7-11(8-10)14-3/h4-9H,1H2,2-3H3. The quantitative estimate of drug-likeness (QED) is 0.560. The summed E-state index contributed by atoms with van der Waals surface area (Å²) in [5.41, 5.74) is 0.893. The average Bonchev–Trinajstić information content (AvgIpc) is 2.28. The SMILES string of the molecule is C=CC(=O)OC(C)c1cccc(OC)c1. The minimum absolute atomic E-state index is 0.300. The normalized spacial score (nSPS) is 11.6. The number of rotatable bonds is 4. The van der Waals surface area contributed by atoms with Gasteiger partial charge in [-0.25, -0.2) is 4.79 Å². The smallest absolute Gasteiger partial charge is 0.330 e. The van der Waals surface area contributed by atoms with Crippen molar-refractivity contribution in [1.29, 1.82) is 0 Å². The van der Waals surface area contributed by atoms with Crippen molar-refractivity contribution < 1.29 is 14.3 Å². The van der Waals surface area contributed by atoms with Crippen LogP contribution in [0.2, 0.25) is 0 Å². The molecule has 1 unspecified atom stereocenters. The molecule has 0 amide bonds. The van der Waals surface area contributed by atoms with Gasteiger partial charge in [-0.05, 0) is 24.6 Å². The Labute approximate surface area is 89.3 Å².